The number of nitrogens with zero attached hydrogens (tertiary/aromatic N) is 1. The minimum absolute atomic E-state index is 0.771. The van der Waals surface area contributed by atoms with Crippen LogP contribution < -0.4 is 5.32 Å². The first-order chi connectivity index (χ1) is 6.92. The highest BCUT2D eigenvalue weighted by Gasteiger charge is 2.23. The molecule has 3 rings (SSSR count). The van der Waals surface area contributed by atoms with Gasteiger partial charge in [0.25, 0.3) is 0 Å². The lowest BCUT2D eigenvalue weighted by Gasteiger charge is -2.23. The molecule has 2 saturated carbocycles. The van der Waals surface area contributed by atoms with Crippen LogP contribution in [0.4, 0.5) is 0 Å². The third-order valence-corrected chi connectivity index (χ3v) is 3.33. The van der Waals surface area contributed by atoms with E-state index in [0.29, 0.717) is 0 Å². The fourth-order valence-corrected chi connectivity index (χ4v) is 1.92. The van der Waals surface area contributed by atoms with Gasteiger partial charge in [-0.25, -0.2) is 4.98 Å². The second kappa shape index (κ2) is 3.39. The van der Waals surface area contributed by atoms with Crippen molar-refractivity contribution in [2.24, 2.45) is 0 Å². The topological polar surface area (TPSA) is 40.7 Å². The van der Waals surface area contributed by atoms with Gasteiger partial charge in [0.05, 0.1) is 6.54 Å². The fourth-order valence-electron chi connectivity index (χ4n) is 1.92. The molecule has 1 heterocycles. The molecule has 0 atom stereocenters. The summed E-state index contributed by atoms with van der Waals surface area (Å²) in [5.41, 5.74) is 1.35. The van der Waals surface area contributed by atoms with Crippen molar-refractivity contribution in [1.82, 2.24) is 15.3 Å². The van der Waals surface area contributed by atoms with Crippen LogP contribution in [0.2, 0.25) is 0 Å². The number of rotatable bonds is 4. The Hall–Kier alpha value is -0.830. The zero-order valence-corrected chi connectivity index (χ0v) is 8.42. The second-order valence-electron chi connectivity index (χ2n) is 4.57. The molecule has 3 nitrogen and oxygen atoms in total. The average molecular weight is 191 g/mol. The van der Waals surface area contributed by atoms with Gasteiger partial charge in [-0.05, 0) is 25.7 Å². The van der Waals surface area contributed by atoms with Crippen LogP contribution in [0.25, 0.3) is 0 Å². The van der Waals surface area contributed by atoms with Gasteiger partial charge in [0.1, 0.15) is 5.82 Å². The Balaban J connectivity index is 1.58. The van der Waals surface area contributed by atoms with E-state index in [-0.39, 0.29) is 0 Å². The number of imidazole rings is 1. The lowest BCUT2D eigenvalue weighted by Crippen LogP contribution is -2.16. The predicted octanol–water partition coefficient (Wildman–Crippen LogP) is 1.93. The van der Waals surface area contributed by atoms with Crippen LogP contribution in [-0.4, -0.2) is 16.0 Å². The molecule has 0 bridgehead atoms. The smallest absolute Gasteiger partial charge is 0.120 e. The van der Waals surface area contributed by atoms with Crippen molar-refractivity contribution in [1.29, 1.82) is 0 Å². The van der Waals surface area contributed by atoms with Gasteiger partial charge < -0.3 is 10.3 Å². The van der Waals surface area contributed by atoms with E-state index >= 15 is 0 Å². The van der Waals surface area contributed by atoms with Crippen molar-refractivity contribution in [2.45, 2.75) is 50.6 Å². The van der Waals surface area contributed by atoms with E-state index < -0.39 is 0 Å². The Labute approximate surface area is 84.3 Å². The number of nitrogens with one attached hydrogen (secondary N) is 2. The lowest BCUT2D eigenvalue weighted by molar-refractivity contribution is 0.411. The molecule has 2 aliphatic carbocycles. The van der Waals surface area contributed by atoms with Gasteiger partial charge in [-0.3, -0.25) is 0 Å². The molecule has 76 valence electrons. The molecule has 2 N–H and O–H groups in total. The van der Waals surface area contributed by atoms with Crippen LogP contribution in [0.3, 0.4) is 0 Å². The minimum atomic E-state index is 0.771. The van der Waals surface area contributed by atoms with Crippen molar-refractivity contribution in [2.75, 3.05) is 0 Å². The third kappa shape index (κ3) is 1.69. The van der Waals surface area contributed by atoms with Crippen LogP contribution in [0, 0.1) is 0 Å². The standard InChI is InChI=1S/C11H17N3/c1-2-8(3-1)10-6-13-11(14-10)7-12-9-4-5-9/h6,8-9,12H,1-5,7H2,(H,13,14). The summed E-state index contributed by atoms with van der Waals surface area (Å²) in [5, 5.41) is 3.47. The monoisotopic (exact) mass is 191 g/mol. The fraction of sp³-hybridized carbons (Fsp3) is 0.727. The van der Waals surface area contributed by atoms with E-state index in [2.05, 4.69) is 15.3 Å². The molecule has 2 aliphatic rings. The highest BCUT2D eigenvalue weighted by atomic mass is 15.0. The molecule has 0 amide bonds. The second-order valence-corrected chi connectivity index (χ2v) is 4.57. The molecule has 0 aliphatic heterocycles. The molecule has 1 aromatic rings. The Morgan fingerprint density at radius 2 is 2.21 bits per heavy atom. The first-order valence-corrected chi connectivity index (χ1v) is 5.69. The van der Waals surface area contributed by atoms with Crippen LogP contribution in [0.15, 0.2) is 6.20 Å². The molecule has 14 heavy (non-hydrogen) atoms. The highest BCUT2D eigenvalue weighted by molar-refractivity contribution is 5.10. The maximum Gasteiger partial charge on any atom is 0.120 e. The number of H-pyrrole nitrogens is 1. The van der Waals surface area contributed by atoms with Crippen molar-refractivity contribution < 1.29 is 0 Å². The Bertz CT molecular complexity index is 310. The van der Waals surface area contributed by atoms with Gasteiger partial charge in [-0.1, -0.05) is 6.42 Å². The predicted molar refractivity (Wildman–Crippen MR) is 55.0 cm³/mol. The van der Waals surface area contributed by atoms with Gasteiger partial charge in [0.15, 0.2) is 0 Å². The molecule has 3 heteroatoms. The first-order valence-electron chi connectivity index (χ1n) is 5.69. The van der Waals surface area contributed by atoms with Gasteiger partial charge in [-0.2, -0.15) is 0 Å². The summed E-state index contributed by atoms with van der Waals surface area (Å²) in [4.78, 5) is 7.83. The minimum Gasteiger partial charge on any atom is -0.345 e. The van der Waals surface area contributed by atoms with Crippen LogP contribution >= 0.6 is 0 Å². The Morgan fingerprint density at radius 3 is 2.86 bits per heavy atom. The maximum atomic E-state index is 4.40. The van der Waals surface area contributed by atoms with E-state index in [1.54, 1.807) is 0 Å². The molecule has 1 aromatic heterocycles. The summed E-state index contributed by atoms with van der Waals surface area (Å²) in [6, 6.07) is 0.771. The van der Waals surface area contributed by atoms with Crippen LogP contribution in [0.1, 0.15) is 49.5 Å². The molecule has 0 spiro atoms. The zero-order valence-electron chi connectivity index (χ0n) is 8.42. The number of hydrogen-bond acceptors (Lipinski definition) is 2. The molecular formula is C11H17N3. The number of aromatic nitrogens is 2. The molecule has 0 radical (unpaired) electrons. The molecule has 0 aromatic carbocycles. The molecule has 0 unspecified atom stereocenters. The van der Waals surface area contributed by atoms with Crippen LogP contribution in [0.5, 0.6) is 0 Å². The van der Waals surface area contributed by atoms with Crippen molar-refractivity contribution in [3.8, 4) is 0 Å². The Kier molecular flexibility index (Phi) is 2.05. The Morgan fingerprint density at radius 1 is 1.36 bits per heavy atom. The molecular weight excluding hydrogens is 174 g/mol. The van der Waals surface area contributed by atoms with Crippen LogP contribution in [-0.2, 0) is 6.54 Å². The van der Waals surface area contributed by atoms with E-state index in [4.69, 9.17) is 0 Å². The van der Waals surface area contributed by atoms with Gasteiger partial charge >= 0.3 is 0 Å². The summed E-state index contributed by atoms with van der Waals surface area (Å²) in [6.45, 7) is 0.914. The van der Waals surface area contributed by atoms with E-state index in [1.165, 1.54) is 37.8 Å². The third-order valence-electron chi connectivity index (χ3n) is 3.33. The summed E-state index contributed by atoms with van der Waals surface area (Å²) in [5.74, 6) is 1.89. The van der Waals surface area contributed by atoms with Crippen molar-refractivity contribution in [3.63, 3.8) is 0 Å². The normalized spacial score (nSPS) is 22.3. The van der Waals surface area contributed by atoms with E-state index in [0.717, 1.165) is 24.3 Å². The van der Waals surface area contributed by atoms with Gasteiger partial charge in [-0.15, -0.1) is 0 Å². The first kappa shape index (κ1) is 8.48. The van der Waals surface area contributed by atoms with Gasteiger partial charge in [0.2, 0.25) is 0 Å². The van der Waals surface area contributed by atoms with Crippen molar-refractivity contribution >= 4 is 0 Å². The summed E-state index contributed by atoms with van der Waals surface area (Å²) >= 11 is 0. The quantitative estimate of drug-likeness (QED) is 0.763. The summed E-state index contributed by atoms with van der Waals surface area (Å²) in [7, 11) is 0. The van der Waals surface area contributed by atoms with Crippen molar-refractivity contribution in [3.05, 3.63) is 17.7 Å². The number of aromatic amines is 1. The summed E-state index contributed by atoms with van der Waals surface area (Å²) in [6.07, 6.45) is 8.79. The highest BCUT2D eigenvalue weighted by Crippen LogP contribution is 2.35. The SMILES string of the molecule is c1nc(CNC2CC2)[nH]c1C1CCC1. The maximum absolute atomic E-state index is 4.40. The lowest BCUT2D eigenvalue weighted by atomic mass is 9.83. The average Bonchev–Trinajstić information content (AvgIpc) is 2.82. The van der Waals surface area contributed by atoms with Gasteiger partial charge in [0, 0.05) is 23.9 Å². The summed E-state index contributed by atoms with van der Waals surface area (Å²) < 4.78 is 0. The molecule has 0 saturated heterocycles. The van der Waals surface area contributed by atoms with E-state index in [1.807, 2.05) is 6.20 Å². The van der Waals surface area contributed by atoms with E-state index in [9.17, 15) is 0 Å². The largest absolute Gasteiger partial charge is 0.345 e. The zero-order chi connectivity index (χ0) is 9.38. The number of hydrogen-bond donors (Lipinski definition) is 2. The molecule has 2 fully saturated rings.